The van der Waals surface area contributed by atoms with Crippen LogP contribution >= 0.6 is 11.3 Å². The van der Waals surface area contributed by atoms with Crippen molar-refractivity contribution in [3.63, 3.8) is 0 Å². The Labute approximate surface area is 141 Å². The standard InChI is InChI=1S/C18H23NO3S/c1-5-13(2)19(11-14-8-9-23-12-14)18(20)16-7-6-15(21-3)10-17(16)22-4/h6-10,12-13H,5,11H2,1-4H3/t13-/m0/s1. The van der Waals surface area contributed by atoms with Crippen molar-refractivity contribution in [2.45, 2.75) is 32.9 Å². The van der Waals surface area contributed by atoms with Gasteiger partial charge in [-0.1, -0.05) is 6.92 Å². The van der Waals surface area contributed by atoms with Gasteiger partial charge in [-0.05, 0) is 47.9 Å². The molecule has 1 amide bonds. The number of amides is 1. The van der Waals surface area contributed by atoms with Crippen LogP contribution in [0.1, 0.15) is 36.2 Å². The molecule has 0 spiro atoms. The maximum atomic E-state index is 13.1. The molecule has 0 fully saturated rings. The fourth-order valence-corrected chi connectivity index (χ4v) is 3.02. The molecule has 0 saturated heterocycles. The Morgan fingerprint density at radius 2 is 2.04 bits per heavy atom. The number of ether oxygens (including phenoxy) is 2. The molecule has 23 heavy (non-hydrogen) atoms. The van der Waals surface area contributed by atoms with Crippen molar-refractivity contribution in [2.24, 2.45) is 0 Å². The summed E-state index contributed by atoms with van der Waals surface area (Å²) in [6.45, 7) is 4.76. The van der Waals surface area contributed by atoms with Gasteiger partial charge in [0.1, 0.15) is 11.5 Å². The molecule has 1 heterocycles. The predicted octanol–water partition coefficient (Wildman–Crippen LogP) is 4.21. The molecule has 0 radical (unpaired) electrons. The van der Waals surface area contributed by atoms with E-state index in [0.717, 1.165) is 12.0 Å². The van der Waals surface area contributed by atoms with Gasteiger partial charge < -0.3 is 14.4 Å². The minimum absolute atomic E-state index is 0.0231. The average molecular weight is 333 g/mol. The monoisotopic (exact) mass is 333 g/mol. The van der Waals surface area contributed by atoms with E-state index >= 15 is 0 Å². The van der Waals surface area contributed by atoms with Gasteiger partial charge in [0, 0.05) is 18.7 Å². The van der Waals surface area contributed by atoms with E-state index in [0.29, 0.717) is 23.6 Å². The normalized spacial score (nSPS) is 11.8. The maximum absolute atomic E-state index is 13.1. The Morgan fingerprint density at radius 3 is 2.61 bits per heavy atom. The van der Waals surface area contributed by atoms with Gasteiger partial charge in [-0.2, -0.15) is 11.3 Å². The van der Waals surface area contributed by atoms with E-state index in [1.165, 1.54) is 0 Å². The number of hydrogen-bond donors (Lipinski definition) is 0. The SMILES string of the molecule is CC[C@H](C)N(Cc1ccsc1)C(=O)c1ccc(OC)cc1OC. The average Bonchev–Trinajstić information content (AvgIpc) is 3.11. The number of benzene rings is 1. The fraction of sp³-hybridized carbons (Fsp3) is 0.389. The topological polar surface area (TPSA) is 38.8 Å². The van der Waals surface area contributed by atoms with Gasteiger partial charge in [0.15, 0.2) is 0 Å². The molecule has 1 aromatic heterocycles. The minimum Gasteiger partial charge on any atom is -0.497 e. The molecule has 5 heteroatoms. The summed E-state index contributed by atoms with van der Waals surface area (Å²) in [6.07, 6.45) is 0.897. The first kappa shape index (κ1) is 17.3. The second kappa shape index (κ2) is 8.02. The summed E-state index contributed by atoms with van der Waals surface area (Å²) in [5, 5.41) is 4.11. The molecule has 0 unspecified atom stereocenters. The first-order chi connectivity index (χ1) is 11.1. The van der Waals surface area contributed by atoms with Gasteiger partial charge in [0.05, 0.1) is 19.8 Å². The van der Waals surface area contributed by atoms with Gasteiger partial charge in [-0.15, -0.1) is 0 Å². The van der Waals surface area contributed by atoms with Crippen LogP contribution in [0.3, 0.4) is 0 Å². The third-order valence-corrected chi connectivity index (χ3v) is 4.69. The Bertz CT molecular complexity index is 640. The highest BCUT2D eigenvalue weighted by atomic mass is 32.1. The maximum Gasteiger partial charge on any atom is 0.258 e. The van der Waals surface area contributed by atoms with Gasteiger partial charge in [0.2, 0.25) is 0 Å². The van der Waals surface area contributed by atoms with Crippen molar-refractivity contribution in [1.82, 2.24) is 4.90 Å². The third kappa shape index (κ3) is 4.05. The Morgan fingerprint density at radius 1 is 1.26 bits per heavy atom. The van der Waals surface area contributed by atoms with E-state index in [2.05, 4.69) is 25.3 Å². The van der Waals surface area contributed by atoms with Crippen molar-refractivity contribution in [2.75, 3.05) is 14.2 Å². The first-order valence-corrected chi connectivity index (χ1v) is 8.59. The highest BCUT2D eigenvalue weighted by Crippen LogP contribution is 2.27. The van der Waals surface area contributed by atoms with Crippen LogP contribution in [0.2, 0.25) is 0 Å². The molecule has 2 aromatic rings. The van der Waals surface area contributed by atoms with Crippen molar-refractivity contribution < 1.29 is 14.3 Å². The van der Waals surface area contributed by atoms with Crippen molar-refractivity contribution in [1.29, 1.82) is 0 Å². The van der Waals surface area contributed by atoms with Crippen molar-refractivity contribution in [3.8, 4) is 11.5 Å². The summed E-state index contributed by atoms with van der Waals surface area (Å²) in [4.78, 5) is 15.0. The lowest BCUT2D eigenvalue weighted by Gasteiger charge is -2.29. The van der Waals surface area contributed by atoms with Crippen molar-refractivity contribution in [3.05, 3.63) is 46.2 Å². The number of carbonyl (C=O) groups is 1. The van der Waals surface area contributed by atoms with E-state index in [1.807, 2.05) is 10.3 Å². The second-order valence-corrected chi connectivity index (χ2v) is 6.17. The van der Waals surface area contributed by atoms with Crippen LogP contribution in [0.4, 0.5) is 0 Å². The largest absolute Gasteiger partial charge is 0.497 e. The molecule has 0 aliphatic heterocycles. The molecular formula is C18H23NO3S. The Hall–Kier alpha value is -2.01. The van der Waals surface area contributed by atoms with Gasteiger partial charge in [-0.25, -0.2) is 0 Å². The molecule has 124 valence electrons. The predicted molar refractivity (Wildman–Crippen MR) is 93.5 cm³/mol. The summed E-state index contributed by atoms with van der Waals surface area (Å²) < 4.78 is 10.6. The number of hydrogen-bond acceptors (Lipinski definition) is 4. The number of thiophene rings is 1. The Kier molecular flexibility index (Phi) is 6.04. The minimum atomic E-state index is -0.0231. The third-order valence-electron chi connectivity index (χ3n) is 3.96. The summed E-state index contributed by atoms with van der Waals surface area (Å²) in [6, 6.07) is 7.50. The van der Waals surface area contributed by atoms with Crippen LogP contribution in [0.15, 0.2) is 35.0 Å². The van der Waals surface area contributed by atoms with Crippen LogP contribution < -0.4 is 9.47 Å². The smallest absolute Gasteiger partial charge is 0.258 e. The molecule has 1 aromatic carbocycles. The number of rotatable bonds is 7. The van der Waals surface area contributed by atoms with Crippen molar-refractivity contribution >= 4 is 17.2 Å². The molecule has 0 N–H and O–H groups in total. The van der Waals surface area contributed by atoms with E-state index in [1.54, 1.807) is 43.8 Å². The van der Waals surface area contributed by atoms with Crippen LogP contribution in [-0.4, -0.2) is 31.1 Å². The number of carbonyl (C=O) groups excluding carboxylic acids is 1. The van der Waals surface area contributed by atoms with E-state index < -0.39 is 0 Å². The molecule has 2 rings (SSSR count). The molecule has 0 bridgehead atoms. The lowest BCUT2D eigenvalue weighted by atomic mass is 10.1. The highest BCUT2D eigenvalue weighted by molar-refractivity contribution is 7.07. The second-order valence-electron chi connectivity index (χ2n) is 5.39. The molecule has 0 aliphatic rings. The van der Waals surface area contributed by atoms with E-state index in [-0.39, 0.29) is 11.9 Å². The number of methoxy groups -OCH3 is 2. The fourth-order valence-electron chi connectivity index (χ4n) is 2.36. The quantitative estimate of drug-likeness (QED) is 0.762. The van der Waals surface area contributed by atoms with E-state index in [9.17, 15) is 4.79 Å². The van der Waals surface area contributed by atoms with Gasteiger partial charge in [-0.3, -0.25) is 4.79 Å². The lowest BCUT2D eigenvalue weighted by Crippen LogP contribution is -2.37. The summed E-state index contributed by atoms with van der Waals surface area (Å²) in [7, 11) is 3.16. The highest BCUT2D eigenvalue weighted by Gasteiger charge is 2.24. The zero-order valence-electron chi connectivity index (χ0n) is 14.0. The van der Waals surface area contributed by atoms with Gasteiger partial charge in [0.25, 0.3) is 5.91 Å². The Balaban J connectivity index is 2.33. The van der Waals surface area contributed by atoms with Crippen LogP contribution in [0.25, 0.3) is 0 Å². The molecule has 1 atom stereocenters. The molecular weight excluding hydrogens is 310 g/mol. The van der Waals surface area contributed by atoms with Crippen LogP contribution in [0, 0.1) is 0 Å². The molecule has 0 saturated carbocycles. The lowest BCUT2D eigenvalue weighted by molar-refractivity contribution is 0.0668. The molecule has 4 nitrogen and oxygen atoms in total. The van der Waals surface area contributed by atoms with Crippen LogP contribution in [-0.2, 0) is 6.54 Å². The zero-order chi connectivity index (χ0) is 16.8. The van der Waals surface area contributed by atoms with E-state index in [4.69, 9.17) is 9.47 Å². The summed E-state index contributed by atoms with van der Waals surface area (Å²) in [5.41, 5.74) is 1.71. The summed E-state index contributed by atoms with van der Waals surface area (Å²) in [5.74, 6) is 1.18. The zero-order valence-corrected chi connectivity index (χ0v) is 14.9. The number of nitrogens with zero attached hydrogens (tertiary/aromatic N) is 1. The van der Waals surface area contributed by atoms with Crippen LogP contribution in [0.5, 0.6) is 11.5 Å². The first-order valence-electron chi connectivity index (χ1n) is 7.64. The molecule has 0 aliphatic carbocycles. The summed E-state index contributed by atoms with van der Waals surface area (Å²) >= 11 is 1.64. The van der Waals surface area contributed by atoms with Gasteiger partial charge >= 0.3 is 0 Å².